The summed E-state index contributed by atoms with van der Waals surface area (Å²) < 4.78 is 0. The van der Waals surface area contributed by atoms with Gasteiger partial charge >= 0.3 is 0 Å². The van der Waals surface area contributed by atoms with E-state index >= 15 is 0 Å². The van der Waals surface area contributed by atoms with Crippen molar-refractivity contribution < 1.29 is 0 Å². The van der Waals surface area contributed by atoms with E-state index in [2.05, 4.69) is 54.3 Å². The number of aromatic amines is 1. The van der Waals surface area contributed by atoms with Crippen molar-refractivity contribution in [3.05, 3.63) is 53.1 Å². The highest BCUT2D eigenvalue weighted by Gasteiger charge is 2.11. The summed E-state index contributed by atoms with van der Waals surface area (Å²) in [6.45, 7) is 7.39. The van der Waals surface area contributed by atoms with Crippen molar-refractivity contribution in [1.82, 2.24) is 15.3 Å². The van der Waals surface area contributed by atoms with Crippen molar-refractivity contribution in [2.75, 3.05) is 0 Å². The standard InChI is InChI=1S/C15H21N3/c1-4-14(15-16-8-9-17-15)18-10-13-7-5-6-11(2)12(13)3/h5-9,14,18H,4,10H2,1-3H3,(H,16,17). The van der Waals surface area contributed by atoms with E-state index in [1.807, 2.05) is 6.20 Å². The Kier molecular flexibility index (Phi) is 4.15. The number of nitrogens with zero attached hydrogens (tertiary/aromatic N) is 1. The van der Waals surface area contributed by atoms with Crippen molar-refractivity contribution in [1.29, 1.82) is 0 Å². The first-order valence-corrected chi connectivity index (χ1v) is 6.50. The molecule has 0 saturated heterocycles. The molecule has 0 bridgehead atoms. The molecule has 0 saturated carbocycles. The Morgan fingerprint density at radius 3 is 2.83 bits per heavy atom. The van der Waals surface area contributed by atoms with Gasteiger partial charge in [0, 0.05) is 18.9 Å². The lowest BCUT2D eigenvalue weighted by Crippen LogP contribution is -2.21. The first-order valence-electron chi connectivity index (χ1n) is 6.50. The molecule has 0 amide bonds. The summed E-state index contributed by atoms with van der Waals surface area (Å²) in [6.07, 6.45) is 4.70. The molecule has 1 unspecified atom stereocenters. The second-order valence-corrected chi connectivity index (χ2v) is 4.68. The smallest absolute Gasteiger partial charge is 0.123 e. The number of hydrogen-bond donors (Lipinski definition) is 2. The molecule has 1 heterocycles. The van der Waals surface area contributed by atoms with Gasteiger partial charge in [0.05, 0.1) is 6.04 Å². The van der Waals surface area contributed by atoms with Crippen LogP contribution < -0.4 is 5.32 Å². The number of imidazole rings is 1. The summed E-state index contributed by atoms with van der Waals surface area (Å²) in [6, 6.07) is 6.75. The van der Waals surface area contributed by atoms with Crippen LogP contribution >= 0.6 is 0 Å². The monoisotopic (exact) mass is 243 g/mol. The van der Waals surface area contributed by atoms with Crippen LogP contribution in [0.4, 0.5) is 0 Å². The summed E-state index contributed by atoms with van der Waals surface area (Å²) in [5.74, 6) is 1.02. The maximum absolute atomic E-state index is 4.32. The summed E-state index contributed by atoms with van der Waals surface area (Å²) in [5, 5.41) is 3.56. The van der Waals surface area contributed by atoms with E-state index in [1.165, 1.54) is 16.7 Å². The van der Waals surface area contributed by atoms with Crippen LogP contribution in [0.15, 0.2) is 30.6 Å². The van der Waals surface area contributed by atoms with Crippen LogP contribution in [-0.2, 0) is 6.54 Å². The Hall–Kier alpha value is -1.61. The number of aryl methyl sites for hydroxylation is 1. The Morgan fingerprint density at radius 1 is 1.33 bits per heavy atom. The maximum Gasteiger partial charge on any atom is 0.123 e. The molecule has 2 rings (SSSR count). The lowest BCUT2D eigenvalue weighted by atomic mass is 10.0. The number of hydrogen-bond acceptors (Lipinski definition) is 2. The Labute approximate surface area is 109 Å². The number of aromatic nitrogens is 2. The van der Waals surface area contributed by atoms with Gasteiger partial charge < -0.3 is 10.3 Å². The fourth-order valence-electron chi connectivity index (χ4n) is 2.14. The highest BCUT2D eigenvalue weighted by molar-refractivity contribution is 5.33. The summed E-state index contributed by atoms with van der Waals surface area (Å²) in [7, 11) is 0. The molecule has 0 radical (unpaired) electrons. The molecular formula is C15H21N3. The molecule has 1 atom stereocenters. The zero-order valence-electron chi connectivity index (χ0n) is 11.3. The summed E-state index contributed by atoms with van der Waals surface area (Å²) in [4.78, 5) is 7.50. The largest absolute Gasteiger partial charge is 0.347 e. The minimum absolute atomic E-state index is 0.292. The number of rotatable bonds is 5. The van der Waals surface area contributed by atoms with Gasteiger partial charge in [-0.1, -0.05) is 25.1 Å². The molecule has 0 aliphatic heterocycles. The van der Waals surface area contributed by atoms with Crippen molar-refractivity contribution >= 4 is 0 Å². The molecule has 0 fully saturated rings. The molecule has 2 aromatic rings. The van der Waals surface area contributed by atoms with Crippen molar-refractivity contribution in [2.45, 2.75) is 39.8 Å². The van der Waals surface area contributed by atoms with Gasteiger partial charge in [0.25, 0.3) is 0 Å². The van der Waals surface area contributed by atoms with Gasteiger partial charge in [-0.3, -0.25) is 0 Å². The van der Waals surface area contributed by atoms with Gasteiger partial charge in [0.1, 0.15) is 5.82 Å². The van der Waals surface area contributed by atoms with Crippen LogP contribution in [0.2, 0.25) is 0 Å². The minimum atomic E-state index is 0.292. The molecule has 2 N–H and O–H groups in total. The molecule has 0 aliphatic rings. The van der Waals surface area contributed by atoms with E-state index in [9.17, 15) is 0 Å². The topological polar surface area (TPSA) is 40.7 Å². The van der Waals surface area contributed by atoms with Crippen molar-refractivity contribution in [3.8, 4) is 0 Å². The van der Waals surface area contributed by atoms with E-state index in [0.29, 0.717) is 6.04 Å². The first-order chi connectivity index (χ1) is 8.72. The number of benzene rings is 1. The molecule has 3 nitrogen and oxygen atoms in total. The average molecular weight is 243 g/mol. The van der Waals surface area contributed by atoms with Crippen LogP contribution in [-0.4, -0.2) is 9.97 Å². The number of H-pyrrole nitrogens is 1. The predicted molar refractivity (Wildman–Crippen MR) is 74.4 cm³/mol. The lowest BCUT2D eigenvalue weighted by molar-refractivity contribution is 0.497. The molecule has 96 valence electrons. The SMILES string of the molecule is CCC(NCc1cccc(C)c1C)c1ncc[nH]1. The first kappa shape index (κ1) is 12.8. The summed E-state index contributed by atoms with van der Waals surface area (Å²) in [5.41, 5.74) is 4.08. The third-order valence-corrected chi connectivity index (χ3v) is 3.51. The van der Waals surface area contributed by atoms with Crippen LogP contribution in [0.25, 0.3) is 0 Å². The van der Waals surface area contributed by atoms with Gasteiger partial charge in [-0.15, -0.1) is 0 Å². The Bertz CT molecular complexity index is 488. The molecule has 0 aliphatic carbocycles. The molecule has 18 heavy (non-hydrogen) atoms. The molecule has 1 aromatic carbocycles. The average Bonchev–Trinajstić information content (AvgIpc) is 2.89. The van der Waals surface area contributed by atoms with Crippen LogP contribution in [0.5, 0.6) is 0 Å². The third-order valence-electron chi connectivity index (χ3n) is 3.51. The number of nitrogens with one attached hydrogen (secondary N) is 2. The molecule has 0 spiro atoms. The Balaban J connectivity index is 2.04. The molecular weight excluding hydrogens is 222 g/mol. The van der Waals surface area contributed by atoms with Crippen LogP contribution in [0.3, 0.4) is 0 Å². The second-order valence-electron chi connectivity index (χ2n) is 4.68. The zero-order valence-corrected chi connectivity index (χ0v) is 11.3. The minimum Gasteiger partial charge on any atom is -0.347 e. The van der Waals surface area contributed by atoms with Crippen LogP contribution in [0.1, 0.15) is 41.9 Å². The molecule has 1 aromatic heterocycles. The van der Waals surface area contributed by atoms with E-state index < -0.39 is 0 Å². The maximum atomic E-state index is 4.32. The van der Waals surface area contributed by atoms with E-state index in [0.717, 1.165) is 18.8 Å². The fourth-order valence-corrected chi connectivity index (χ4v) is 2.14. The highest BCUT2D eigenvalue weighted by Crippen LogP contribution is 2.16. The zero-order chi connectivity index (χ0) is 13.0. The van der Waals surface area contributed by atoms with E-state index in [-0.39, 0.29) is 0 Å². The second kappa shape index (κ2) is 5.83. The van der Waals surface area contributed by atoms with Gasteiger partial charge in [-0.25, -0.2) is 4.98 Å². The van der Waals surface area contributed by atoms with Gasteiger partial charge in [-0.05, 0) is 37.0 Å². The van der Waals surface area contributed by atoms with Gasteiger partial charge in [0.15, 0.2) is 0 Å². The van der Waals surface area contributed by atoms with Gasteiger partial charge in [0.2, 0.25) is 0 Å². The van der Waals surface area contributed by atoms with Gasteiger partial charge in [-0.2, -0.15) is 0 Å². The highest BCUT2D eigenvalue weighted by atomic mass is 15.0. The fraction of sp³-hybridized carbons (Fsp3) is 0.400. The van der Waals surface area contributed by atoms with E-state index in [1.54, 1.807) is 6.20 Å². The van der Waals surface area contributed by atoms with Crippen molar-refractivity contribution in [2.24, 2.45) is 0 Å². The van der Waals surface area contributed by atoms with Crippen LogP contribution in [0, 0.1) is 13.8 Å². The van der Waals surface area contributed by atoms with E-state index in [4.69, 9.17) is 0 Å². The quantitative estimate of drug-likeness (QED) is 0.846. The lowest BCUT2D eigenvalue weighted by Gasteiger charge is -2.16. The third kappa shape index (κ3) is 2.79. The molecule has 3 heteroatoms. The van der Waals surface area contributed by atoms with Crippen molar-refractivity contribution in [3.63, 3.8) is 0 Å². The summed E-state index contributed by atoms with van der Waals surface area (Å²) >= 11 is 0. The predicted octanol–water partition coefficient (Wildman–Crippen LogP) is 3.27. The normalized spacial score (nSPS) is 12.6. The Morgan fingerprint density at radius 2 is 2.17 bits per heavy atom.